The van der Waals surface area contributed by atoms with Gasteiger partial charge in [0, 0.05) is 0 Å². The second-order valence-electron chi connectivity index (χ2n) is 7.68. The predicted octanol–water partition coefficient (Wildman–Crippen LogP) is 4.41. The van der Waals surface area contributed by atoms with Crippen molar-refractivity contribution < 1.29 is 68.5 Å². The molecule has 0 rings (SSSR count). The van der Waals surface area contributed by atoms with E-state index >= 15 is 0 Å². The van der Waals surface area contributed by atoms with Crippen LogP contribution in [0.25, 0.3) is 0 Å². The maximum Gasteiger partial charge on any atom is 1.00 e. The molecule has 0 saturated carbocycles. The van der Waals surface area contributed by atoms with E-state index in [0.717, 1.165) is 25.5 Å². The van der Waals surface area contributed by atoms with Crippen molar-refractivity contribution in [3.63, 3.8) is 0 Å². The third-order valence-electron chi connectivity index (χ3n) is 4.99. The first-order valence-corrected chi connectivity index (χ1v) is 12.7. The maximum atomic E-state index is 10.2. The molecule has 0 aliphatic heterocycles. The predicted molar refractivity (Wildman–Crippen MR) is 113 cm³/mol. The molecule has 0 aromatic heterocycles. The third-order valence-corrected chi connectivity index (χ3v) is 5.34. The Morgan fingerprint density at radius 2 is 0.964 bits per heavy atom. The summed E-state index contributed by atoms with van der Waals surface area (Å²) in [6.07, 6.45) is 27.6. The molecule has 0 N–H and O–H groups in total. The van der Waals surface area contributed by atoms with Crippen LogP contribution in [-0.4, -0.2) is 13.0 Å². The van der Waals surface area contributed by atoms with Crippen LogP contribution in [0, 0.1) is 0 Å². The molecule has 0 amide bonds. The van der Waals surface area contributed by atoms with E-state index in [4.69, 9.17) is 0 Å². The van der Waals surface area contributed by atoms with Crippen LogP contribution in [0.15, 0.2) is 12.3 Å². The molecule has 0 fully saturated rings. The molecule has 28 heavy (non-hydrogen) atoms. The molecule has 0 unspecified atom stereocenters. The topological polar surface area (TPSA) is 66.4 Å². The zero-order valence-corrected chi connectivity index (χ0v) is 22.6. The fourth-order valence-corrected chi connectivity index (χ4v) is 3.55. The van der Waals surface area contributed by atoms with Gasteiger partial charge in [0.25, 0.3) is 10.4 Å². The van der Waals surface area contributed by atoms with Crippen molar-refractivity contribution >= 4 is 10.4 Å². The molecule has 0 radical (unpaired) electrons. The van der Waals surface area contributed by atoms with E-state index in [-0.39, 0.29) is 51.4 Å². The van der Waals surface area contributed by atoms with E-state index in [0.29, 0.717) is 0 Å². The Morgan fingerprint density at radius 3 is 1.29 bits per heavy atom. The summed E-state index contributed by atoms with van der Waals surface area (Å²) in [5, 5.41) is 0. The van der Waals surface area contributed by atoms with Gasteiger partial charge in [-0.25, -0.2) is 8.42 Å². The van der Waals surface area contributed by atoms with E-state index in [9.17, 15) is 13.0 Å². The molecule has 0 aliphatic carbocycles. The minimum Gasteiger partial charge on any atom is -0.716 e. The van der Waals surface area contributed by atoms with Crippen LogP contribution in [0.2, 0.25) is 0 Å². The third kappa shape index (κ3) is 29.3. The monoisotopic (exact) mass is 442 g/mol. The van der Waals surface area contributed by atoms with Crippen molar-refractivity contribution in [1.29, 1.82) is 0 Å². The first kappa shape index (κ1) is 31.3. The van der Waals surface area contributed by atoms with Crippen LogP contribution in [0.5, 0.6) is 0 Å². The van der Waals surface area contributed by atoms with Crippen LogP contribution in [0.4, 0.5) is 0 Å². The maximum absolute atomic E-state index is 10.2. The second kappa shape index (κ2) is 24.4. The number of rotatable bonds is 21. The fourth-order valence-electron chi connectivity index (χ4n) is 3.34. The van der Waals surface area contributed by atoms with Gasteiger partial charge in [-0.2, -0.15) is 0 Å². The Labute approximate surface area is 218 Å². The van der Waals surface area contributed by atoms with Gasteiger partial charge in [-0.05, 0) is 18.9 Å². The number of hydrogen-bond acceptors (Lipinski definition) is 4. The summed E-state index contributed by atoms with van der Waals surface area (Å²) in [6.45, 7) is 2.27. The Balaban J connectivity index is 0. The van der Waals surface area contributed by atoms with Crippen molar-refractivity contribution in [2.24, 2.45) is 0 Å². The Bertz CT molecular complexity index is 424. The second-order valence-corrected chi connectivity index (χ2v) is 8.68. The fraction of sp³-hybridized carbons (Fsp3) is 0.909. The van der Waals surface area contributed by atoms with Crippen molar-refractivity contribution in [3.05, 3.63) is 12.3 Å². The van der Waals surface area contributed by atoms with Crippen LogP contribution >= 0.6 is 0 Å². The smallest absolute Gasteiger partial charge is 0.716 e. The summed E-state index contributed by atoms with van der Waals surface area (Å²) in [7, 11) is -4.59. The SMILES string of the molecule is CCCCCCCCCCCCCCCCCCCC/C=C/OS(=O)(=O)[O-].[K+]. The largest absolute Gasteiger partial charge is 1.00 e. The first-order valence-electron chi connectivity index (χ1n) is 11.4. The number of hydrogen-bond donors (Lipinski definition) is 0. The zero-order valence-electron chi connectivity index (χ0n) is 18.6. The van der Waals surface area contributed by atoms with Gasteiger partial charge in [-0.3, -0.25) is 0 Å². The molecule has 0 aromatic rings. The van der Waals surface area contributed by atoms with Gasteiger partial charge in [0.1, 0.15) is 6.26 Å². The molecular formula is C22H43KO4S. The van der Waals surface area contributed by atoms with Gasteiger partial charge >= 0.3 is 51.4 Å². The van der Waals surface area contributed by atoms with Gasteiger partial charge in [0.2, 0.25) is 0 Å². The molecule has 6 heteroatoms. The van der Waals surface area contributed by atoms with E-state index in [2.05, 4.69) is 11.1 Å². The van der Waals surface area contributed by atoms with Crippen molar-refractivity contribution in [3.8, 4) is 0 Å². The van der Waals surface area contributed by atoms with Gasteiger partial charge < -0.3 is 8.74 Å². The summed E-state index contributed by atoms with van der Waals surface area (Å²) >= 11 is 0. The quantitative estimate of drug-likeness (QED) is 0.0868. The van der Waals surface area contributed by atoms with E-state index < -0.39 is 10.4 Å². The molecule has 0 spiro atoms. The molecular weight excluding hydrogens is 399 g/mol. The van der Waals surface area contributed by atoms with Crippen molar-refractivity contribution in [2.45, 2.75) is 129 Å². The van der Waals surface area contributed by atoms with Gasteiger partial charge in [-0.1, -0.05) is 116 Å². The zero-order chi connectivity index (χ0) is 20.1. The van der Waals surface area contributed by atoms with Gasteiger partial charge in [-0.15, -0.1) is 0 Å². The summed E-state index contributed by atoms with van der Waals surface area (Å²) < 4.78 is 34.6. The molecule has 0 aromatic carbocycles. The Morgan fingerprint density at radius 1 is 0.643 bits per heavy atom. The summed E-state index contributed by atoms with van der Waals surface area (Å²) in [5.74, 6) is 0. The Hall–Kier alpha value is 1.09. The molecule has 0 atom stereocenters. The van der Waals surface area contributed by atoms with Crippen LogP contribution in [0.3, 0.4) is 0 Å². The molecule has 0 saturated heterocycles. The van der Waals surface area contributed by atoms with Crippen LogP contribution in [0.1, 0.15) is 129 Å². The van der Waals surface area contributed by atoms with Gasteiger partial charge in [0.05, 0.1) is 0 Å². The molecule has 0 heterocycles. The van der Waals surface area contributed by atoms with Crippen molar-refractivity contribution in [1.82, 2.24) is 0 Å². The minimum atomic E-state index is -4.59. The Kier molecular flexibility index (Phi) is 27.2. The number of unbranched alkanes of at least 4 members (excludes halogenated alkanes) is 18. The molecule has 0 aliphatic rings. The van der Waals surface area contributed by atoms with E-state index in [1.165, 1.54) is 103 Å². The summed E-state index contributed by atoms with van der Waals surface area (Å²) in [5.41, 5.74) is 0. The standard InChI is InChI=1S/C22H44O4S.K/c1-2-3-4-5-6-7-8-9-10-11-12-13-14-15-16-17-18-19-20-21-22-26-27(23,24)25;/h21-22H,2-20H2,1H3,(H,23,24,25);/q;+1/p-1/b22-21+;. The normalized spacial score (nSPS) is 11.6. The summed E-state index contributed by atoms with van der Waals surface area (Å²) in [4.78, 5) is 0. The summed E-state index contributed by atoms with van der Waals surface area (Å²) in [6, 6.07) is 0. The van der Waals surface area contributed by atoms with Gasteiger partial charge in [0.15, 0.2) is 0 Å². The molecule has 4 nitrogen and oxygen atoms in total. The number of allylic oxidation sites excluding steroid dienone is 1. The van der Waals surface area contributed by atoms with E-state index in [1.807, 2.05) is 0 Å². The van der Waals surface area contributed by atoms with E-state index in [1.54, 1.807) is 6.08 Å². The average Bonchev–Trinajstić information content (AvgIpc) is 2.62. The first-order chi connectivity index (χ1) is 13.1. The van der Waals surface area contributed by atoms with Crippen LogP contribution < -0.4 is 51.4 Å². The average molecular weight is 443 g/mol. The van der Waals surface area contributed by atoms with Crippen molar-refractivity contribution in [2.75, 3.05) is 0 Å². The molecule has 0 bridgehead atoms. The van der Waals surface area contributed by atoms with Crippen LogP contribution in [-0.2, 0) is 14.6 Å². The molecule has 162 valence electrons. The minimum absolute atomic E-state index is 0.